The summed E-state index contributed by atoms with van der Waals surface area (Å²) in [5.74, 6) is 1.26. The van der Waals surface area contributed by atoms with Crippen LogP contribution in [0.2, 0.25) is 0 Å². The number of anilines is 2. The van der Waals surface area contributed by atoms with Gasteiger partial charge in [0, 0.05) is 44.1 Å². The maximum atomic E-state index is 13.1. The molecule has 4 rings (SSSR count). The van der Waals surface area contributed by atoms with Gasteiger partial charge in [0.2, 0.25) is 15.8 Å². The van der Waals surface area contributed by atoms with Crippen molar-refractivity contribution in [3.63, 3.8) is 0 Å². The zero-order valence-corrected chi connectivity index (χ0v) is 21.1. The molecule has 186 valence electrons. The molecule has 3 aromatic heterocycles. The Labute approximate surface area is 205 Å². The number of pyridine rings is 1. The SMILES string of the molecule is Cc1cnc(NC2CCC(NC(=O)c3cccnc3S(=O)(=O)c3ccoc3C)CC2)nc1N(C)C. The first-order valence-corrected chi connectivity index (χ1v) is 13.0. The predicted molar refractivity (Wildman–Crippen MR) is 131 cm³/mol. The third kappa shape index (κ3) is 5.29. The van der Waals surface area contributed by atoms with Crippen molar-refractivity contribution in [3.8, 4) is 0 Å². The Balaban J connectivity index is 1.40. The minimum Gasteiger partial charge on any atom is -0.468 e. The normalized spacial score (nSPS) is 18.2. The van der Waals surface area contributed by atoms with Gasteiger partial charge in [0.15, 0.2) is 5.03 Å². The minimum atomic E-state index is -3.99. The average Bonchev–Trinajstić information content (AvgIpc) is 3.28. The Bertz CT molecular complexity index is 1310. The highest BCUT2D eigenvalue weighted by atomic mass is 32.2. The lowest BCUT2D eigenvalue weighted by molar-refractivity contribution is 0.0922. The van der Waals surface area contributed by atoms with Crippen LogP contribution < -0.4 is 15.5 Å². The van der Waals surface area contributed by atoms with Crippen LogP contribution in [0.25, 0.3) is 0 Å². The van der Waals surface area contributed by atoms with E-state index in [4.69, 9.17) is 4.42 Å². The van der Waals surface area contributed by atoms with E-state index >= 15 is 0 Å². The molecule has 35 heavy (non-hydrogen) atoms. The van der Waals surface area contributed by atoms with Crippen LogP contribution in [-0.4, -0.2) is 55.5 Å². The second-order valence-corrected chi connectivity index (χ2v) is 10.8. The first-order chi connectivity index (χ1) is 16.7. The number of carbonyl (C=O) groups excluding carboxylic acids is 1. The van der Waals surface area contributed by atoms with E-state index in [0.29, 0.717) is 5.95 Å². The smallest absolute Gasteiger partial charge is 0.254 e. The minimum absolute atomic E-state index is 0.00702. The largest absolute Gasteiger partial charge is 0.468 e. The molecule has 1 amide bonds. The summed E-state index contributed by atoms with van der Waals surface area (Å²) in [6.07, 6.45) is 7.63. The summed E-state index contributed by atoms with van der Waals surface area (Å²) < 4.78 is 31.4. The summed E-state index contributed by atoms with van der Waals surface area (Å²) in [5, 5.41) is 6.12. The van der Waals surface area contributed by atoms with Crippen LogP contribution in [0.15, 0.2) is 51.2 Å². The second-order valence-electron chi connectivity index (χ2n) is 8.96. The third-order valence-electron chi connectivity index (χ3n) is 6.14. The average molecular weight is 499 g/mol. The summed E-state index contributed by atoms with van der Waals surface area (Å²) in [7, 11) is -0.0987. The number of sulfone groups is 1. The first-order valence-electron chi connectivity index (χ1n) is 11.5. The molecule has 0 atom stereocenters. The van der Waals surface area contributed by atoms with E-state index in [0.717, 1.165) is 37.1 Å². The van der Waals surface area contributed by atoms with Crippen molar-refractivity contribution in [3.05, 3.63) is 53.7 Å². The molecule has 2 N–H and O–H groups in total. The van der Waals surface area contributed by atoms with Crippen molar-refractivity contribution >= 4 is 27.5 Å². The summed E-state index contributed by atoms with van der Waals surface area (Å²) in [6, 6.07) is 4.53. The molecule has 3 heterocycles. The zero-order valence-electron chi connectivity index (χ0n) is 20.3. The van der Waals surface area contributed by atoms with E-state index in [9.17, 15) is 13.2 Å². The van der Waals surface area contributed by atoms with E-state index in [1.54, 1.807) is 19.2 Å². The van der Waals surface area contributed by atoms with Gasteiger partial charge in [0.1, 0.15) is 16.5 Å². The van der Waals surface area contributed by atoms with Crippen molar-refractivity contribution in [1.29, 1.82) is 0 Å². The highest BCUT2D eigenvalue weighted by Gasteiger charge is 2.30. The lowest BCUT2D eigenvalue weighted by atomic mass is 9.91. The molecule has 3 aromatic rings. The van der Waals surface area contributed by atoms with E-state index < -0.39 is 15.7 Å². The molecule has 0 radical (unpaired) electrons. The molecule has 11 heteroatoms. The van der Waals surface area contributed by atoms with Gasteiger partial charge in [-0.05, 0) is 57.7 Å². The number of nitrogens with zero attached hydrogens (tertiary/aromatic N) is 4. The monoisotopic (exact) mass is 498 g/mol. The lowest BCUT2D eigenvalue weighted by Crippen LogP contribution is -2.40. The van der Waals surface area contributed by atoms with Gasteiger partial charge in [-0.15, -0.1) is 0 Å². The molecule has 1 aliphatic rings. The van der Waals surface area contributed by atoms with Crippen molar-refractivity contribution in [1.82, 2.24) is 20.3 Å². The molecule has 1 fully saturated rings. The molecule has 0 bridgehead atoms. The van der Waals surface area contributed by atoms with Crippen molar-refractivity contribution in [2.45, 2.75) is 61.5 Å². The van der Waals surface area contributed by atoms with Gasteiger partial charge in [0.25, 0.3) is 5.91 Å². The van der Waals surface area contributed by atoms with Crippen LogP contribution in [0.5, 0.6) is 0 Å². The number of hydrogen-bond acceptors (Lipinski definition) is 9. The molecular formula is C24H30N6O4S. The predicted octanol–water partition coefficient (Wildman–Crippen LogP) is 3.13. The molecule has 0 spiro atoms. The summed E-state index contributed by atoms with van der Waals surface area (Å²) in [5.41, 5.74) is 1.03. The number of nitrogens with one attached hydrogen (secondary N) is 2. The first kappa shape index (κ1) is 24.6. The van der Waals surface area contributed by atoms with Crippen molar-refractivity contribution in [2.24, 2.45) is 0 Å². The molecule has 0 aromatic carbocycles. The Morgan fingerprint density at radius 2 is 1.80 bits per heavy atom. The highest BCUT2D eigenvalue weighted by molar-refractivity contribution is 7.91. The molecule has 0 aliphatic heterocycles. The third-order valence-corrected chi connectivity index (χ3v) is 7.97. The fraction of sp³-hybridized carbons (Fsp3) is 0.417. The zero-order chi connectivity index (χ0) is 25.2. The van der Waals surface area contributed by atoms with Gasteiger partial charge >= 0.3 is 0 Å². The van der Waals surface area contributed by atoms with Crippen LogP contribution in [-0.2, 0) is 9.84 Å². The standard InChI is InChI=1S/C24H30N6O4S/c1-15-14-26-24(29-21(15)30(3)4)28-18-9-7-17(8-10-18)27-22(31)19-6-5-12-25-23(19)35(32,33)20-11-13-34-16(20)2/h5-6,11-14,17-18H,7-10H2,1-4H3,(H,27,31)(H,26,28,29). The molecule has 1 saturated carbocycles. The molecule has 0 saturated heterocycles. The maximum Gasteiger partial charge on any atom is 0.254 e. The van der Waals surface area contributed by atoms with Crippen LogP contribution in [0.1, 0.15) is 47.4 Å². The molecule has 1 aliphatic carbocycles. The Kier molecular flexibility index (Phi) is 7.06. The number of hydrogen-bond donors (Lipinski definition) is 2. The van der Waals surface area contributed by atoms with E-state index in [-0.39, 0.29) is 33.3 Å². The molecular weight excluding hydrogens is 468 g/mol. The number of rotatable bonds is 7. The van der Waals surface area contributed by atoms with E-state index in [1.165, 1.54) is 24.6 Å². The van der Waals surface area contributed by atoms with Gasteiger partial charge in [-0.25, -0.2) is 18.4 Å². The number of aryl methyl sites for hydroxylation is 2. The quantitative estimate of drug-likeness (QED) is 0.504. The van der Waals surface area contributed by atoms with Gasteiger partial charge in [-0.3, -0.25) is 4.79 Å². The van der Waals surface area contributed by atoms with Crippen LogP contribution in [0.3, 0.4) is 0 Å². The highest BCUT2D eigenvalue weighted by Crippen LogP contribution is 2.27. The van der Waals surface area contributed by atoms with E-state index in [2.05, 4.69) is 25.6 Å². The fourth-order valence-corrected chi connectivity index (χ4v) is 5.84. The Morgan fingerprint density at radius 3 is 2.46 bits per heavy atom. The summed E-state index contributed by atoms with van der Waals surface area (Å²) in [6.45, 7) is 3.53. The Hall–Kier alpha value is -3.47. The maximum absolute atomic E-state index is 13.1. The second kappa shape index (κ2) is 10.0. The van der Waals surface area contributed by atoms with Gasteiger partial charge in [-0.1, -0.05) is 0 Å². The van der Waals surface area contributed by atoms with Gasteiger partial charge < -0.3 is 20.0 Å². The van der Waals surface area contributed by atoms with Gasteiger partial charge in [0.05, 0.1) is 11.8 Å². The van der Waals surface area contributed by atoms with Crippen LogP contribution in [0.4, 0.5) is 11.8 Å². The Morgan fingerprint density at radius 1 is 1.09 bits per heavy atom. The van der Waals surface area contributed by atoms with Crippen molar-refractivity contribution in [2.75, 3.05) is 24.3 Å². The number of amides is 1. The molecule has 0 unspecified atom stereocenters. The fourth-order valence-electron chi connectivity index (χ4n) is 4.32. The van der Waals surface area contributed by atoms with Gasteiger partial charge in [-0.2, -0.15) is 4.98 Å². The lowest BCUT2D eigenvalue weighted by Gasteiger charge is -2.30. The van der Waals surface area contributed by atoms with E-state index in [1.807, 2.05) is 25.9 Å². The van der Waals surface area contributed by atoms with Crippen LogP contribution in [0, 0.1) is 13.8 Å². The van der Waals surface area contributed by atoms with Crippen LogP contribution >= 0.6 is 0 Å². The number of furan rings is 1. The summed E-state index contributed by atoms with van der Waals surface area (Å²) >= 11 is 0. The molecule has 10 nitrogen and oxygen atoms in total. The van der Waals surface area contributed by atoms with Crippen molar-refractivity contribution < 1.29 is 17.6 Å². The number of carbonyl (C=O) groups is 1. The topological polar surface area (TPSA) is 130 Å². The summed E-state index contributed by atoms with van der Waals surface area (Å²) in [4.78, 5) is 28.0. The number of aromatic nitrogens is 3.